The van der Waals surface area contributed by atoms with Crippen molar-refractivity contribution in [1.82, 2.24) is 0 Å². The Kier molecular flexibility index (Phi) is 8.25. The molecule has 6 atom stereocenters. The molecule has 0 unspecified atom stereocenters. The first-order valence-electron chi connectivity index (χ1n) is 13.1. The average molecular weight is 487 g/mol. The highest BCUT2D eigenvalue weighted by atomic mass is 16.5. The van der Waals surface area contributed by atoms with Gasteiger partial charge >= 0.3 is 5.97 Å². The van der Waals surface area contributed by atoms with Crippen LogP contribution in [0.15, 0.2) is 47.6 Å². The fraction of sp³-hybridized carbons (Fsp3) is 0.700. The molecule has 0 spiro atoms. The first-order valence-corrected chi connectivity index (χ1v) is 13.1. The minimum Gasteiger partial charge on any atom is -0.469 e. The Morgan fingerprint density at radius 3 is 2.54 bits per heavy atom. The summed E-state index contributed by atoms with van der Waals surface area (Å²) in [5, 5.41) is 31.0. The van der Waals surface area contributed by atoms with Crippen LogP contribution < -0.4 is 0 Å². The van der Waals surface area contributed by atoms with Crippen LogP contribution in [0.3, 0.4) is 0 Å². The molecule has 0 aliphatic heterocycles. The maximum absolute atomic E-state index is 12.1. The van der Waals surface area contributed by atoms with Crippen molar-refractivity contribution >= 4 is 5.97 Å². The van der Waals surface area contributed by atoms with Crippen molar-refractivity contribution in [3.8, 4) is 0 Å². The number of allylic oxidation sites excluding steroid dienone is 4. The number of aliphatic hydroxyl groups is 3. The highest BCUT2D eigenvalue weighted by Gasteiger charge is 2.53. The molecule has 0 saturated heterocycles. The Morgan fingerprint density at radius 2 is 1.89 bits per heavy atom. The van der Waals surface area contributed by atoms with Crippen LogP contribution in [0.4, 0.5) is 0 Å². The Bertz CT molecular complexity index is 908. The monoisotopic (exact) mass is 486 g/mol. The van der Waals surface area contributed by atoms with Gasteiger partial charge in [0.15, 0.2) is 0 Å². The summed E-state index contributed by atoms with van der Waals surface area (Å²) < 4.78 is 4.87. The summed E-state index contributed by atoms with van der Waals surface area (Å²) in [4.78, 5) is 12.1. The van der Waals surface area contributed by atoms with Gasteiger partial charge in [0.25, 0.3) is 0 Å². The van der Waals surface area contributed by atoms with Crippen LogP contribution in [0.25, 0.3) is 0 Å². The number of hydrogen-bond acceptors (Lipinski definition) is 5. The van der Waals surface area contributed by atoms with E-state index in [0.717, 1.165) is 36.8 Å². The molecule has 3 saturated carbocycles. The van der Waals surface area contributed by atoms with E-state index in [9.17, 15) is 20.1 Å². The molecule has 3 rings (SSSR count). The maximum atomic E-state index is 12.1. The Hall–Kier alpha value is -1.69. The summed E-state index contributed by atoms with van der Waals surface area (Å²) in [5.41, 5.74) is 2.17. The zero-order chi connectivity index (χ0) is 26.2. The van der Waals surface area contributed by atoms with Crippen molar-refractivity contribution in [1.29, 1.82) is 0 Å². The molecule has 0 amide bonds. The lowest BCUT2D eigenvalue weighted by Gasteiger charge is -2.47. The van der Waals surface area contributed by atoms with Gasteiger partial charge in [-0.2, -0.15) is 0 Å². The van der Waals surface area contributed by atoms with Gasteiger partial charge in [-0.3, -0.25) is 4.79 Å². The van der Waals surface area contributed by atoms with Gasteiger partial charge in [0.2, 0.25) is 0 Å². The van der Waals surface area contributed by atoms with E-state index in [1.54, 1.807) is 19.9 Å². The molecule has 0 aromatic carbocycles. The number of fused-ring (bicyclic) bond motifs is 1. The molecule has 0 radical (unpaired) electrons. The zero-order valence-corrected chi connectivity index (χ0v) is 22.5. The van der Waals surface area contributed by atoms with E-state index in [1.807, 2.05) is 0 Å². The van der Waals surface area contributed by atoms with Gasteiger partial charge in [-0.05, 0) is 86.2 Å². The van der Waals surface area contributed by atoms with Gasteiger partial charge in [0.05, 0.1) is 30.8 Å². The van der Waals surface area contributed by atoms with Crippen LogP contribution in [0.2, 0.25) is 0 Å². The van der Waals surface area contributed by atoms with Gasteiger partial charge in [-0.15, -0.1) is 0 Å². The standard InChI is InChI=1S/C30H46O5/c1-19-21(17-22(31)18-24(19)32)11-10-20-9-8-15-30(6)23(20)12-13-25(30)28(2,3)16-14-26(33)29(4,5)27(34)35-7/h10-11,14,16,22-26,31-33H,1,8-9,12-13,15,17-18H2,2-7H3/b16-14+,20-10+,21-11-/t22-,23+,24+,25-,26+,30+/m1/s1. The zero-order valence-electron chi connectivity index (χ0n) is 22.5. The number of rotatable bonds is 6. The van der Waals surface area contributed by atoms with Crippen molar-refractivity contribution < 1.29 is 24.9 Å². The molecule has 3 aliphatic rings. The highest BCUT2D eigenvalue weighted by molar-refractivity contribution is 5.76. The van der Waals surface area contributed by atoms with E-state index in [1.165, 1.54) is 19.1 Å². The fourth-order valence-corrected chi connectivity index (χ4v) is 7.01. The second kappa shape index (κ2) is 10.4. The maximum Gasteiger partial charge on any atom is 0.314 e. The van der Waals surface area contributed by atoms with E-state index < -0.39 is 29.7 Å². The lowest BCUT2D eigenvalue weighted by atomic mass is 9.57. The minimum atomic E-state index is -0.998. The lowest BCUT2D eigenvalue weighted by Crippen LogP contribution is -2.40. The van der Waals surface area contributed by atoms with Crippen molar-refractivity contribution in [2.45, 2.75) is 97.9 Å². The second-order valence-corrected chi connectivity index (χ2v) is 12.4. The number of methoxy groups -OCH3 is 1. The topological polar surface area (TPSA) is 87.0 Å². The number of carbonyl (C=O) groups excluding carboxylic acids is 1. The van der Waals surface area contributed by atoms with Crippen LogP contribution in [0.5, 0.6) is 0 Å². The largest absolute Gasteiger partial charge is 0.469 e. The van der Waals surface area contributed by atoms with Crippen molar-refractivity contribution in [2.24, 2.45) is 28.1 Å². The first kappa shape index (κ1) is 27.9. The Labute approximate surface area is 211 Å². The highest BCUT2D eigenvalue weighted by Crippen LogP contribution is 2.62. The molecule has 3 N–H and O–H groups in total. The normalized spacial score (nSPS) is 35.5. The van der Waals surface area contributed by atoms with E-state index in [4.69, 9.17) is 4.74 Å². The number of aliphatic hydroxyl groups excluding tert-OH is 3. The smallest absolute Gasteiger partial charge is 0.314 e. The van der Waals surface area contributed by atoms with E-state index >= 15 is 0 Å². The van der Waals surface area contributed by atoms with Gasteiger partial charge in [0.1, 0.15) is 0 Å². The molecular formula is C30H46O5. The van der Waals surface area contributed by atoms with Crippen LogP contribution in [-0.2, 0) is 9.53 Å². The van der Waals surface area contributed by atoms with Crippen molar-refractivity contribution in [3.05, 3.63) is 47.6 Å². The molecule has 3 aliphatic carbocycles. The lowest BCUT2D eigenvalue weighted by molar-refractivity contribution is -0.155. The summed E-state index contributed by atoms with van der Waals surface area (Å²) in [6.07, 6.45) is 12.7. The fourth-order valence-electron chi connectivity index (χ4n) is 7.01. The average Bonchev–Trinajstić information content (AvgIpc) is 3.16. The van der Waals surface area contributed by atoms with E-state index in [2.05, 4.69) is 45.6 Å². The molecule has 5 heteroatoms. The van der Waals surface area contributed by atoms with Gasteiger partial charge in [-0.25, -0.2) is 0 Å². The first-order chi connectivity index (χ1) is 16.2. The van der Waals surface area contributed by atoms with E-state index in [0.29, 0.717) is 24.7 Å². The van der Waals surface area contributed by atoms with Gasteiger partial charge in [-0.1, -0.05) is 57.2 Å². The molecule has 0 aromatic heterocycles. The van der Waals surface area contributed by atoms with Gasteiger partial charge in [0, 0.05) is 6.42 Å². The number of carbonyl (C=O) groups is 1. The Morgan fingerprint density at radius 1 is 1.20 bits per heavy atom. The third-order valence-corrected chi connectivity index (χ3v) is 9.29. The predicted molar refractivity (Wildman–Crippen MR) is 139 cm³/mol. The molecule has 196 valence electrons. The van der Waals surface area contributed by atoms with Crippen LogP contribution in [-0.4, -0.2) is 46.7 Å². The Balaban J connectivity index is 1.80. The van der Waals surface area contributed by atoms with Crippen LogP contribution in [0, 0.1) is 28.1 Å². The van der Waals surface area contributed by atoms with Crippen molar-refractivity contribution in [2.75, 3.05) is 7.11 Å². The molecule has 0 heterocycles. The van der Waals surface area contributed by atoms with Crippen LogP contribution in [0.1, 0.15) is 79.6 Å². The van der Waals surface area contributed by atoms with E-state index in [-0.39, 0.29) is 10.8 Å². The third-order valence-electron chi connectivity index (χ3n) is 9.29. The minimum absolute atomic E-state index is 0.135. The van der Waals surface area contributed by atoms with Crippen LogP contribution >= 0.6 is 0 Å². The molecule has 0 bridgehead atoms. The summed E-state index contributed by atoms with van der Waals surface area (Å²) in [7, 11) is 1.35. The van der Waals surface area contributed by atoms with Crippen molar-refractivity contribution in [3.63, 3.8) is 0 Å². The SMILES string of the molecule is C=C1/C(=C\C=C2/CCC[C@]3(C)[C@@H](C(C)(C)/C=C/[C@H](O)C(C)(C)C(=O)OC)CC[C@@H]23)C[C@@H](O)C[C@@H]1O. The summed E-state index contributed by atoms with van der Waals surface area (Å²) in [6, 6.07) is 0. The molecule has 3 fully saturated rings. The number of hydrogen-bond donors (Lipinski definition) is 3. The summed E-state index contributed by atoms with van der Waals surface area (Å²) in [5.74, 6) is 0.528. The number of ether oxygens (including phenoxy) is 1. The van der Waals surface area contributed by atoms with Gasteiger partial charge < -0.3 is 20.1 Å². The summed E-state index contributed by atoms with van der Waals surface area (Å²) >= 11 is 0. The molecule has 0 aromatic rings. The molecule has 5 nitrogen and oxygen atoms in total. The predicted octanol–water partition coefficient (Wildman–Crippen LogP) is 5.27. The second-order valence-electron chi connectivity index (χ2n) is 12.4. The quantitative estimate of drug-likeness (QED) is 0.352. The molecular weight excluding hydrogens is 440 g/mol. The summed E-state index contributed by atoms with van der Waals surface area (Å²) in [6.45, 7) is 14.4. The number of esters is 1. The third kappa shape index (κ3) is 5.52. The molecule has 35 heavy (non-hydrogen) atoms.